The lowest BCUT2D eigenvalue weighted by Gasteiger charge is -2.13. The standard InChI is InChI=1S/C23H27Cl2NO2/c1-3-14-26(2)15-6-4-5-7-16-28-20-11-8-18(9-12-20)23(27)21-13-10-19(24)17-22(21)25/h3,8-13,17H,1,4-7,14-16H2,2H3. The second-order valence-corrected chi connectivity index (χ2v) is 7.63. The van der Waals surface area contributed by atoms with Gasteiger partial charge in [-0.3, -0.25) is 4.79 Å². The molecule has 3 nitrogen and oxygen atoms in total. The SMILES string of the molecule is C=CCN(C)CCCCCCOc1ccc(C(=O)c2ccc(Cl)cc2Cl)cc1. The van der Waals surface area contributed by atoms with Crippen LogP contribution in [0.5, 0.6) is 5.75 Å². The second kappa shape index (κ2) is 11.9. The summed E-state index contributed by atoms with van der Waals surface area (Å²) in [5.74, 6) is 0.638. The van der Waals surface area contributed by atoms with Crippen LogP contribution in [-0.4, -0.2) is 37.4 Å². The molecule has 5 heteroatoms. The Kier molecular flexibility index (Phi) is 9.56. The van der Waals surface area contributed by atoms with Gasteiger partial charge in [0, 0.05) is 22.7 Å². The Morgan fingerprint density at radius 2 is 1.79 bits per heavy atom. The monoisotopic (exact) mass is 419 g/mol. The number of benzene rings is 2. The van der Waals surface area contributed by atoms with E-state index in [4.69, 9.17) is 27.9 Å². The average molecular weight is 420 g/mol. The quantitative estimate of drug-likeness (QED) is 0.230. The van der Waals surface area contributed by atoms with Crippen molar-refractivity contribution in [3.05, 3.63) is 76.3 Å². The lowest BCUT2D eigenvalue weighted by Crippen LogP contribution is -2.19. The molecule has 0 saturated heterocycles. The van der Waals surface area contributed by atoms with Crippen molar-refractivity contribution in [2.45, 2.75) is 25.7 Å². The normalized spacial score (nSPS) is 10.9. The molecule has 0 N–H and O–H groups in total. The first kappa shape index (κ1) is 22.5. The minimum Gasteiger partial charge on any atom is -0.494 e. The first-order valence-electron chi connectivity index (χ1n) is 9.53. The van der Waals surface area contributed by atoms with Gasteiger partial charge in [-0.15, -0.1) is 6.58 Å². The summed E-state index contributed by atoms with van der Waals surface area (Å²) in [6.07, 6.45) is 6.48. The van der Waals surface area contributed by atoms with E-state index in [1.807, 2.05) is 18.2 Å². The summed E-state index contributed by atoms with van der Waals surface area (Å²) >= 11 is 12.0. The maximum atomic E-state index is 12.6. The predicted molar refractivity (Wildman–Crippen MR) is 118 cm³/mol. The van der Waals surface area contributed by atoms with Crippen molar-refractivity contribution in [2.24, 2.45) is 0 Å². The fourth-order valence-corrected chi connectivity index (χ4v) is 3.37. The summed E-state index contributed by atoms with van der Waals surface area (Å²) in [6, 6.07) is 12.0. The van der Waals surface area contributed by atoms with Crippen LogP contribution in [0, 0.1) is 0 Å². The van der Waals surface area contributed by atoms with Gasteiger partial charge >= 0.3 is 0 Å². The van der Waals surface area contributed by atoms with Gasteiger partial charge in [0.15, 0.2) is 5.78 Å². The largest absolute Gasteiger partial charge is 0.494 e. The van der Waals surface area contributed by atoms with Gasteiger partial charge in [0.05, 0.1) is 11.6 Å². The van der Waals surface area contributed by atoms with Gasteiger partial charge < -0.3 is 9.64 Å². The molecular formula is C23H27Cl2NO2. The Morgan fingerprint density at radius 3 is 2.46 bits per heavy atom. The van der Waals surface area contributed by atoms with Crippen LogP contribution in [0.2, 0.25) is 10.0 Å². The van der Waals surface area contributed by atoms with Gasteiger partial charge in [-0.25, -0.2) is 0 Å². The molecule has 2 aromatic carbocycles. The number of carbonyl (C=O) groups excluding carboxylic acids is 1. The number of unbranched alkanes of at least 4 members (excludes halogenated alkanes) is 3. The first-order chi connectivity index (χ1) is 13.5. The number of rotatable bonds is 12. The van der Waals surface area contributed by atoms with Crippen LogP contribution < -0.4 is 4.74 Å². The van der Waals surface area contributed by atoms with Crippen LogP contribution in [0.4, 0.5) is 0 Å². The van der Waals surface area contributed by atoms with Crippen molar-refractivity contribution in [1.82, 2.24) is 4.90 Å². The molecule has 0 fully saturated rings. The van der Waals surface area contributed by atoms with Crippen molar-refractivity contribution in [1.29, 1.82) is 0 Å². The number of hydrogen-bond acceptors (Lipinski definition) is 3. The van der Waals surface area contributed by atoms with Gasteiger partial charge in [0.2, 0.25) is 0 Å². The topological polar surface area (TPSA) is 29.5 Å². The van der Waals surface area contributed by atoms with Crippen molar-refractivity contribution in [2.75, 3.05) is 26.7 Å². The zero-order valence-corrected chi connectivity index (χ0v) is 17.8. The fraction of sp³-hybridized carbons (Fsp3) is 0.348. The fourth-order valence-electron chi connectivity index (χ4n) is 2.87. The van der Waals surface area contributed by atoms with Crippen molar-refractivity contribution in [3.8, 4) is 5.75 Å². The van der Waals surface area contributed by atoms with E-state index in [0.29, 0.717) is 27.8 Å². The molecule has 0 unspecified atom stereocenters. The van der Waals surface area contributed by atoms with Crippen LogP contribution in [-0.2, 0) is 0 Å². The molecule has 2 rings (SSSR count). The Labute approximate surface area is 177 Å². The third-order valence-electron chi connectivity index (χ3n) is 4.44. The molecule has 2 aromatic rings. The minimum absolute atomic E-state index is 0.130. The number of carbonyl (C=O) groups is 1. The smallest absolute Gasteiger partial charge is 0.194 e. The van der Waals surface area contributed by atoms with Crippen LogP contribution in [0.15, 0.2) is 55.1 Å². The van der Waals surface area contributed by atoms with Crippen molar-refractivity contribution in [3.63, 3.8) is 0 Å². The first-order valence-corrected chi connectivity index (χ1v) is 10.3. The summed E-state index contributed by atoms with van der Waals surface area (Å²) in [4.78, 5) is 14.8. The Morgan fingerprint density at radius 1 is 1.07 bits per heavy atom. The summed E-state index contributed by atoms with van der Waals surface area (Å²) in [6.45, 7) is 6.46. The molecule has 0 heterocycles. The van der Waals surface area contributed by atoms with Gasteiger partial charge in [-0.1, -0.05) is 42.1 Å². The molecule has 150 valence electrons. The maximum Gasteiger partial charge on any atom is 0.194 e. The van der Waals surface area contributed by atoms with Crippen molar-refractivity contribution < 1.29 is 9.53 Å². The van der Waals surface area contributed by atoms with Gasteiger partial charge in [0.25, 0.3) is 0 Å². The Balaban J connectivity index is 1.72. The average Bonchev–Trinajstić information content (AvgIpc) is 2.67. The molecule has 0 spiro atoms. The third kappa shape index (κ3) is 7.31. The van der Waals surface area contributed by atoms with E-state index < -0.39 is 0 Å². The highest BCUT2D eigenvalue weighted by atomic mass is 35.5. The van der Waals surface area contributed by atoms with Crippen LogP contribution in [0.25, 0.3) is 0 Å². The lowest BCUT2D eigenvalue weighted by atomic mass is 10.0. The highest BCUT2D eigenvalue weighted by Gasteiger charge is 2.13. The molecule has 0 aliphatic rings. The Bertz CT molecular complexity index is 775. The predicted octanol–water partition coefficient (Wildman–Crippen LogP) is 6.28. The molecule has 0 aliphatic carbocycles. The minimum atomic E-state index is -0.130. The van der Waals surface area contributed by atoms with Crippen molar-refractivity contribution >= 4 is 29.0 Å². The summed E-state index contributed by atoms with van der Waals surface area (Å²) < 4.78 is 5.77. The summed E-state index contributed by atoms with van der Waals surface area (Å²) in [5.41, 5.74) is 1.01. The number of ether oxygens (including phenoxy) is 1. The number of ketones is 1. The lowest BCUT2D eigenvalue weighted by molar-refractivity contribution is 0.103. The summed E-state index contributed by atoms with van der Waals surface area (Å²) in [7, 11) is 2.11. The van der Waals surface area contributed by atoms with Crippen LogP contribution in [0.3, 0.4) is 0 Å². The highest BCUT2D eigenvalue weighted by Crippen LogP contribution is 2.24. The van der Waals surface area contributed by atoms with Crippen LogP contribution in [0.1, 0.15) is 41.6 Å². The van der Waals surface area contributed by atoms with Gasteiger partial charge in [0.1, 0.15) is 5.75 Å². The van der Waals surface area contributed by atoms with E-state index in [1.165, 1.54) is 12.8 Å². The summed E-state index contributed by atoms with van der Waals surface area (Å²) in [5, 5.41) is 0.864. The molecule has 28 heavy (non-hydrogen) atoms. The molecule has 0 aliphatic heterocycles. The van der Waals surface area contributed by atoms with E-state index >= 15 is 0 Å². The molecular weight excluding hydrogens is 393 g/mol. The third-order valence-corrected chi connectivity index (χ3v) is 4.98. The van der Waals surface area contributed by atoms with Gasteiger partial charge in [-0.05, 0) is 68.9 Å². The van der Waals surface area contributed by atoms with E-state index in [2.05, 4.69) is 18.5 Å². The molecule has 0 saturated carbocycles. The zero-order valence-electron chi connectivity index (χ0n) is 16.3. The van der Waals surface area contributed by atoms with E-state index in [-0.39, 0.29) is 5.78 Å². The molecule has 0 radical (unpaired) electrons. The van der Waals surface area contributed by atoms with E-state index in [1.54, 1.807) is 30.3 Å². The number of halogens is 2. The van der Waals surface area contributed by atoms with E-state index in [0.717, 1.165) is 31.7 Å². The zero-order chi connectivity index (χ0) is 20.4. The molecule has 0 amide bonds. The Hall–Kier alpha value is -1.81. The molecule has 0 atom stereocenters. The number of hydrogen-bond donors (Lipinski definition) is 0. The highest BCUT2D eigenvalue weighted by molar-refractivity contribution is 6.37. The number of likely N-dealkylation sites (N-methyl/N-ethyl adjacent to an activating group) is 1. The molecule has 0 aromatic heterocycles. The van der Waals surface area contributed by atoms with E-state index in [9.17, 15) is 4.79 Å². The maximum absolute atomic E-state index is 12.6. The molecule has 0 bridgehead atoms. The second-order valence-electron chi connectivity index (χ2n) is 6.79. The number of nitrogens with zero attached hydrogens (tertiary/aromatic N) is 1. The van der Waals surface area contributed by atoms with Gasteiger partial charge in [-0.2, -0.15) is 0 Å². The van der Waals surface area contributed by atoms with Crippen LogP contribution >= 0.6 is 23.2 Å².